The zero-order valence-corrected chi connectivity index (χ0v) is 10.4. The summed E-state index contributed by atoms with van der Waals surface area (Å²) >= 11 is 1.67. The number of nitrogens with zero attached hydrogens (tertiary/aromatic N) is 2. The predicted octanol–water partition coefficient (Wildman–Crippen LogP) is 2.36. The molecule has 4 nitrogen and oxygen atoms in total. The van der Waals surface area contributed by atoms with Crippen molar-refractivity contribution in [2.75, 3.05) is 5.43 Å². The highest BCUT2D eigenvalue weighted by molar-refractivity contribution is 7.98. The van der Waals surface area contributed by atoms with E-state index in [-0.39, 0.29) is 0 Å². The highest BCUT2D eigenvalue weighted by Gasteiger charge is 2.02. The van der Waals surface area contributed by atoms with E-state index in [1.165, 1.54) is 5.56 Å². The van der Waals surface area contributed by atoms with Crippen LogP contribution in [0.15, 0.2) is 41.4 Å². The van der Waals surface area contributed by atoms with Gasteiger partial charge in [0.2, 0.25) is 0 Å². The summed E-state index contributed by atoms with van der Waals surface area (Å²) in [6, 6.07) is 12.1. The average molecular weight is 246 g/mol. The highest BCUT2D eigenvalue weighted by Crippen LogP contribution is 2.22. The highest BCUT2D eigenvalue weighted by atomic mass is 32.2. The van der Waals surface area contributed by atoms with Crippen LogP contribution in [0.5, 0.6) is 0 Å². The lowest BCUT2D eigenvalue weighted by molar-refractivity contribution is 0.963. The van der Waals surface area contributed by atoms with Gasteiger partial charge in [0.05, 0.1) is 0 Å². The molecule has 0 saturated carbocycles. The minimum atomic E-state index is 0.646. The van der Waals surface area contributed by atoms with Crippen molar-refractivity contribution in [1.82, 2.24) is 9.97 Å². The smallest absolute Gasteiger partial charge is 0.144 e. The number of thioether (sulfide) groups is 1. The van der Waals surface area contributed by atoms with E-state index >= 15 is 0 Å². The van der Waals surface area contributed by atoms with Crippen molar-refractivity contribution in [3.8, 4) is 0 Å². The Kier molecular flexibility index (Phi) is 3.95. The monoisotopic (exact) mass is 246 g/mol. The second-order valence-corrected chi connectivity index (χ2v) is 4.55. The summed E-state index contributed by atoms with van der Waals surface area (Å²) in [5, 5.41) is 0.925. The van der Waals surface area contributed by atoms with Crippen LogP contribution in [0.1, 0.15) is 11.4 Å². The molecule has 0 aliphatic heterocycles. The third-order valence-corrected chi connectivity index (χ3v) is 3.17. The van der Waals surface area contributed by atoms with Gasteiger partial charge in [0.15, 0.2) is 0 Å². The average Bonchev–Trinajstić information content (AvgIpc) is 2.37. The summed E-state index contributed by atoms with van der Waals surface area (Å²) < 4.78 is 0. The Morgan fingerprint density at radius 3 is 2.71 bits per heavy atom. The zero-order valence-electron chi connectivity index (χ0n) is 9.55. The number of nitrogen functional groups attached to an aromatic ring is 1. The molecule has 5 heteroatoms. The molecular weight excluding hydrogens is 232 g/mol. The summed E-state index contributed by atoms with van der Waals surface area (Å²) in [6.07, 6.45) is 0. The molecule has 2 aromatic rings. The van der Waals surface area contributed by atoms with Crippen molar-refractivity contribution in [2.24, 2.45) is 5.84 Å². The number of aromatic nitrogens is 2. The quantitative estimate of drug-likeness (QED) is 0.375. The minimum Gasteiger partial charge on any atom is -0.308 e. The lowest BCUT2D eigenvalue weighted by Gasteiger charge is -2.05. The predicted molar refractivity (Wildman–Crippen MR) is 70.6 cm³/mol. The number of nitrogens with one attached hydrogen (secondary N) is 1. The molecule has 0 unspecified atom stereocenters. The van der Waals surface area contributed by atoms with Crippen LogP contribution in [-0.2, 0) is 5.75 Å². The van der Waals surface area contributed by atoms with Gasteiger partial charge in [-0.2, -0.15) is 0 Å². The molecule has 1 aromatic carbocycles. The normalized spacial score (nSPS) is 10.2. The number of hydrogen-bond donors (Lipinski definition) is 2. The first-order valence-electron chi connectivity index (χ1n) is 5.27. The molecule has 3 N–H and O–H groups in total. The molecule has 0 fully saturated rings. The first-order chi connectivity index (χ1) is 8.28. The lowest BCUT2D eigenvalue weighted by atomic mass is 10.2. The standard InChI is InChI=1S/C12H14N4S/c1-9-14-11(16-13)7-12(15-9)17-8-10-5-3-2-4-6-10/h2-7H,8,13H2,1H3,(H,14,15,16). The first-order valence-corrected chi connectivity index (χ1v) is 6.25. The summed E-state index contributed by atoms with van der Waals surface area (Å²) in [4.78, 5) is 8.50. The van der Waals surface area contributed by atoms with Crippen LogP contribution in [-0.4, -0.2) is 9.97 Å². The second-order valence-electron chi connectivity index (χ2n) is 3.56. The molecule has 2 rings (SSSR count). The van der Waals surface area contributed by atoms with Crippen molar-refractivity contribution in [3.63, 3.8) is 0 Å². The van der Waals surface area contributed by atoms with Crippen LogP contribution in [0.2, 0.25) is 0 Å². The van der Waals surface area contributed by atoms with Gasteiger partial charge in [-0.05, 0) is 12.5 Å². The molecule has 0 atom stereocenters. The largest absolute Gasteiger partial charge is 0.308 e. The number of aryl methyl sites for hydroxylation is 1. The van der Waals surface area contributed by atoms with Gasteiger partial charge in [0, 0.05) is 11.8 Å². The van der Waals surface area contributed by atoms with Gasteiger partial charge in [0.25, 0.3) is 0 Å². The topological polar surface area (TPSA) is 63.8 Å². The fourth-order valence-electron chi connectivity index (χ4n) is 1.42. The van der Waals surface area contributed by atoms with Gasteiger partial charge in [-0.15, -0.1) is 11.8 Å². The van der Waals surface area contributed by atoms with Gasteiger partial charge in [-0.3, -0.25) is 0 Å². The van der Waals surface area contributed by atoms with Crippen LogP contribution >= 0.6 is 11.8 Å². The lowest BCUT2D eigenvalue weighted by Crippen LogP contribution is -2.09. The molecular formula is C12H14N4S. The van der Waals surface area contributed by atoms with Crippen molar-refractivity contribution in [3.05, 3.63) is 47.8 Å². The summed E-state index contributed by atoms with van der Waals surface area (Å²) in [5.74, 6) is 7.60. The molecule has 0 radical (unpaired) electrons. The Hall–Kier alpha value is -1.59. The summed E-state index contributed by atoms with van der Waals surface area (Å²) in [6.45, 7) is 1.85. The SMILES string of the molecule is Cc1nc(NN)cc(SCc2ccccc2)n1. The molecule has 1 heterocycles. The Labute approximate surface area is 105 Å². The van der Waals surface area contributed by atoms with E-state index in [4.69, 9.17) is 5.84 Å². The fourth-order valence-corrected chi connectivity index (χ4v) is 2.32. The van der Waals surface area contributed by atoms with E-state index in [1.807, 2.05) is 31.2 Å². The first kappa shape index (κ1) is 11.9. The van der Waals surface area contributed by atoms with Gasteiger partial charge in [0.1, 0.15) is 16.7 Å². The van der Waals surface area contributed by atoms with Crippen LogP contribution in [0.4, 0.5) is 5.82 Å². The number of rotatable bonds is 4. The number of benzene rings is 1. The molecule has 0 aliphatic carbocycles. The number of hydrazine groups is 1. The van der Waals surface area contributed by atoms with Crippen LogP contribution in [0.3, 0.4) is 0 Å². The minimum absolute atomic E-state index is 0.646. The fraction of sp³-hybridized carbons (Fsp3) is 0.167. The van der Waals surface area contributed by atoms with E-state index in [0.717, 1.165) is 16.6 Å². The van der Waals surface area contributed by atoms with Crippen molar-refractivity contribution in [1.29, 1.82) is 0 Å². The molecule has 1 aromatic heterocycles. The molecule has 0 saturated heterocycles. The van der Waals surface area contributed by atoms with E-state index in [2.05, 4.69) is 27.5 Å². The third-order valence-electron chi connectivity index (χ3n) is 2.19. The van der Waals surface area contributed by atoms with Crippen LogP contribution in [0, 0.1) is 6.92 Å². The van der Waals surface area contributed by atoms with Gasteiger partial charge in [-0.25, -0.2) is 15.8 Å². The van der Waals surface area contributed by atoms with Crippen molar-refractivity contribution in [2.45, 2.75) is 17.7 Å². The van der Waals surface area contributed by atoms with Gasteiger partial charge >= 0.3 is 0 Å². The zero-order chi connectivity index (χ0) is 12.1. The van der Waals surface area contributed by atoms with Crippen molar-refractivity contribution >= 4 is 17.6 Å². The Bertz CT molecular complexity index is 487. The third kappa shape index (κ3) is 3.44. The molecule has 17 heavy (non-hydrogen) atoms. The molecule has 0 bridgehead atoms. The van der Waals surface area contributed by atoms with Crippen LogP contribution in [0.25, 0.3) is 0 Å². The van der Waals surface area contributed by atoms with E-state index in [9.17, 15) is 0 Å². The Morgan fingerprint density at radius 2 is 2.00 bits per heavy atom. The van der Waals surface area contributed by atoms with E-state index < -0.39 is 0 Å². The molecule has 0 amide bonds. The Morgan fingerprint density at radius 1 is 1.24 bits per heavy atom. The second kappa shape index (κ2) is 5.65. The summed E-state index contributed by atoms with van der Waals surface area (Å²) in [5.41, 5.74) is 3.82. The molecule has 0 aliphatic rings. The number of anilines is 1. The van der Waals surface area contributed by atoms with Crippen molar-refractivity contribution < 1.29 is 0 Å². The maximum absolute atomic E-state index is 5.35. The maximum atomic E-state index is 5.35. The van der Waals surface area contributed by atoms with E-state index in [0.29, 0.717) is 5.82 Å². The number of hydrogen-bond acceptors (Lipinski definition) is 5. The van der Waals surface area contributed by atoms with Gasteiger partial charge in [-0.1, -0.05) is 30.3 Å². The molecule has 88 valence electrons. The summed E-state index contributed by atoms with van der Waals surface area (Å²) in [7, 11) is 0. The maximum Gasteiger partial charge on any atom is 0.144 e. The number of nitrogens with two attached hydrogens (primary N) is 1. The Balaban J connectivity index is 2.06. The molecule has 0 spiro atoms. The van der Waals surface area contributed by atoms with Crippen LogP contribution < -0.4 is 11.3 Å². The van der Waals surface area contributed by atoms with E-state index in [1.54, 1.807) is 11.8 Å². The van der Waals surface area contributed by atoms with Gasteiger partial charge < -0.3 is 5.43 Å².